The number of halogens is 2. The second-order valence-corrected chi connectivity index (χ2v) is 5.44. The standard InChI is InChI=1S/C16H23F2NO3/c1-2-21-14-4-3-9-19(10-14)11-15(20)12-5-7-13(8-6-12)22-16(17)18/h5-8,14-16,20H,2-4,9-11H2,1H3. The second-order valence-electron chi connectivity index (χ2n) is 5.44. The Morgan fingerprint density at radius 3 is 2.68 bits per heavy atom. The summed E-state index contributed by atoms with van der Waals surface area (Å²) in [4.78, 5) is 2.18. The third-order valence-corrected chi connectivity index (χ3v) is 3.79. The van der Waals surface area contributed by atoms with Crippen molar-refractivity contribution >= 4 is 0 Å². The lowest BCUT2D eigenvalue weighted by Gasteiger charge is -2.33. The maximum absolute atomic E-state index is 12.1. The molecule has 1 saturated heterocycles. The van der Waals surface area contributed by atoms with Crippen LogP contribution in [0.2, 0.25) is 0 Å². The Hall–Kier alpha value is -1.24. The van der Waals surface area contributed by atoms with Gasteiger partial charge in [-0.15, -0.1) is 0 Å². The zero-order valence-electron chi connectivity index (χ0n) is 12.8. The number of hydrogen-bond acceptors (Lipinski definition) is 4. The summed E-state index contributed by atoms with van der Waals surface area (Å²) in [6, 6.07) is 6.13. The normalized spacial score (nSPS) is 21.0. The zero-order valence-corrected chi connectivity index (χ0v) is 12.8. The average molecular weight is 315 g/mol. The van der Waals surface area contributed by atoms with Gasteiger partial charge >= 0.3 is 6.61 Å². The lowest BCUT2D eigenvalue weighted by molar-refractivity contribution is -0.0498. The van der Waals surface area contributed by atoms with Crippen molar-refractivity contribution in [1.82, 2.24) is 4.90 Å². The first-order valence-electron chi connectivity index (χ1n) is 7.65. The van der Waals surface area contributed by atoms with Gasteiger partial charge in [-0.25, -0.2) is 0 Å². The van der Waals surface area contributed by atoms with Crippen LogP contribution in [0.3, 0.4) is 0 Å². The fourth-order valence-corrected chi connectivity index (χ4v) is 2.77. The monoisotopic (exact) mass is 315 g/mol. The molecule has 0 aromatic heterocycles. The summed E-state index contributed by atoms with van der Waals surface area (Å²) >= 11 is 0. The summed E-state index contributed by atoms with van der Waals surface area (Å²) in [6.07, 6.45) is 1.69. The number of likely N-dealkylation sites (tertiary alicyclic amines) is 1. The van der Waals surface area contributed by atoms with Crippen LogP contribution in [0.15, 0.2) is 24.3 Å². The van der Waals surface area contributed by atoms with E-state index in [4.69, 9.17) is 4.74 Å². The topological polar surface area (TPSA) is 41.9 Å². The Morgan fingerprint density at radius 2 is 2.05 bits per heavy atom. The Labute approximate surface area is 129 Å². The molecule has 0 amide bonds. The molecule has 0 spiro atoms. The lowest BCUT2D eigenvalue weighted by atomic mass is 10.1. The minimum Gasteiger partial charge on any atom is -0.435 e. The third kappa shape index (κ3) is 5.19. The molecule has 6 heteroatoms. The van der Waals surface area contributed by atoms with Gasteiger partial charge in [0.05, 0.1) is 12.2 Å². The van der Waals surface area contributed by atoms with Gasteiger partial charge in [0.25, 0.3) is 0 Å². The molecule has 1 aromatic rings. The Bertz CT molecular complexity index is 440. The number of nitrogens with zero attached hydrogens (tertiary/aromatic N) is 1. The number of alkyl halides is 2. The Kier molecular flexibility index (Phi) is 6.54. The van der Waals surface area contributed by atoms with Crippen LogP contribution in [-0.4, -0.2) is 49.0 Å². The van der Waals surface area contributed by atoms with Crippen LogP contribution in [-0.2, 0) is 4.74 Å². The van der Waals surface area contributed by atoms with E-state index in [0.717, 1.165) is 25.9 Å². The van der Waals surface area contributed by atoms with E-state index in [1.807, 2.05) is 6.92 Å². The fraction of sp³-hybridized carbons (Fsp3) is 0.625. The van der Waals surface area contributed by atoms with Gasteiger partial charge in [0, 0.05) is 19.7 Å². The predicted octanol–water partition coefficient (Wildman–Crippen LogP) is 2.82. The number of β-amino-alcohol motifs (C(OH)–C–C–N with tert-alkyl or cyclic N) is 1. The number of benzene rings is 1. The number of rotatable bonds is 7. The Balaban J connectivity index is 1.87. The van der Waals surface area contributed by atoms with Crippen molar-refractivity contribution < 1.29 is 23.4 Å². The molecule has 1 fully saturated rings. The number of piperidine rings is 1. The fourth-order valence-electron chi connectivity index (χ4n) is 2.77. The summed E-state index contributed by atoms with van der Waals surface area (Å²) < 4.78 is 34.1. The number of ether oxygens (including phenoxy) is 2. The molecule has 2 atom stereocenters. The van der Waals surface area contributed by atoms with Crippen molar-refractivity contribution in [1.29, 1.82) is 0 Å². The van der Waals surface area contributed by atoms with Gasteiger partial charge < -0.3 is 14.6 Å². The Morgan fingerprint density at radius 1 is 1.32 bits per heavy atom. The van der Waals surface area contributed by atoms with Gasteiger partial charge in [-0.1, -0.05) is 12.1 Å². The lowest BCUT2D eigenvalue weighted by Crippen LogP contribution is -2.41. The summed E-state index contributed by atoms with van der Waals surface area (Å²) in [5, 5.41) is 10.3. The minimum absolute atomic E-state index is 0.0975. The van der Waals surface area contributed by atoms with Crippen molar-refractivity contribution in [3.63, 3.8) is 0 Å². The molecule has 1 aliphatic rings. The maximum Gasteiger partial charge on any atom is 0.387 e. The second kappa shape index (κ2) is 8.41. The van der Waals surface area contributed by atoms with Crippen LogP contribution in [0.25, 0.3) is 0 Å². The first-order valence-corrected chi connectivity index (χ1v) is 7.65. The van der Waals surface area contributed by atoms with E-state index in [2.05, 4.69) is 9.64 Å². The number of hydrogen-bond donors (Lipinski definition) is 1. The first-order chi connectivity index (χ1) is 10.6. The van der Waals surface area contributed by atoms with Gasteiger partial charge in [0.2, 0.25) is 0 Å². The van der Waals surface area contributed by atoms with Crippen LogP contribution >= 0.6 is 0 Å². The van der Waals surface area contributed by atoms with E-state index in [-0.39, 0.29) is 11.9 Å². The van der Waals surface area contributed by atoms with E-state index < -0.39 is 12.7 Å². The number of aliphatic hydroxyl groups excluding tert-OH is 1. The van der Waals surface area contributed by atoms with E-state index in [1.54, 1.807) is 12.1 Å². The molecule has 1 aliphatic heterocycles. The van der Waals surface area contributed by atoms with Gasteiger partial charge in [-0.3, -0.25) is 4.90 Å². The van der Waals surface area contributed by atoms with Crippen LogP contribution in [0.1, 0.15) is 31.4 Å². The molecule has 124 valence electrons. The molecule has 1 N–H and O–H groups in total. The van der Waals surface area contributed by atoms with Crippen LogP contribution in [0.5, 0.6) is 5.75 Å². The summed E-state index contributed by atoms with van der Waals surface area (Å²) in [7, 11) is 0. The largest absolute Gasteiger partial charge is 0.435 e. The molecule has 0 bridgehead atoms. The minimum atomic E-state index is -2.83. The highest BCUT2D eigenvalue weighted by atomic mass is 19.3. The highest BCUT2D eigenvalue weighted by Crippen LogP contribution is 2.22. The molecule has 0 saturated carbocycles. The molecular weight excluding hydrogens is 292 g/mol. The maximum atomic E-state index is 12.1. The van der Waals surface area contributed by atoms with Crippen LogP contribution < -0.4 is 4.74 Å². The summed E-state index contributed by atoms with van der Waals surface area (Å²) in [5.41, 5.74) is 0.695. The summed E-state index contributed by atoms with van der Waals surface area (Å²) in [5.74, 6) is 0.0975. The third-order valence-electron chi connectivity index (χ3n) is 3.79. The molecule has 4 nitrogen and oxygen atoms in total. The molecule has 1 aromatic carbocycles. The molecule has 2 rings (SSSR count). The van der Waals surface area contributed by atoms with E-state index >= 15 is 0 Å². The van der Waals surface area contributed by atoms with E-state index in [1.165, 1.54) is 12.1 Å². The van der Waals surface area contributed by atoms with E-state index in [0.29, 0.717) is 18.7 Å². The van der Waals surface area contributed by atoms with Gasteiger partial charge in [0.1, 0.15) is 5.75 Å². The van der Waals surface area contributed by atoms with Crippen molar-refractivity contribution in [3.05, 3.63) is 29.8 Å². The van der Waals surface area contributed by atoms with Gasteiger partial charge in [0.15, 0.2) is 0 Å². The zero-order chi connectivity index (χ0) is 15.9. The summed E-state index contributed by atoms with van der Waals surface area (Å²) in [6.45, 7) is 2.12. The van der Waals surface area contributed by atoms with Crippen LogP contribution in [0.4, 0.5) is 8.78 Å². The smallest absolute Gasteiger partial charge is 0.387 e. The predicted molar refractivity (Wildman–Crippen MR) is 79.1 cm³/mol. The van der Waals surface area contributed by atoms with Gasteiger partial charge in [-0.05, 0) is 44.0 Å². The van der Waals surface area contributed by atoms with Crippen molar-refractivity contribution in [2.24, 2.45) is 0 Å². The van der Waals surface area contributed by atoms with Gasteiger partial charge in [-0.2, -0.15) is 8.78 Å². The average Bonchev–Trinajstić information content (AvgIpc) is 2.48. The molecular formula is C16H23F2NO3. The highest BCUT2D eigenvalue weighted by molar-refractivity contribution is 5.28. The van der Waals surface area contributed by atoms with Crippen molar-refractivity contribution in [3.8, 4) is 5.75 Å². The molecule has 1 heterocycles. The molecule has 0 aliphatic carbocycles. The molecule has 2 unspecified atom stereocenters. The van der Waals surface area contributed by atoms with Crippen LogP contribution in [0, 0.1) is 0 Å². The quantitative estimate of drug-likeness (QED) is 0.840. The molecule has 22 heavy (non-hydrogen) atoms. The SMILES string of the molecule is CCOC1CCCN(CC(O)c2ccc(OC(F)F)cc2)C1. The first kappa shape index (κ1) is 17.1. The number of aliphatic hydroxyl groups is 1. The highest BCUT2D eigenvalue weighted by Gasteiger charge is 2.22. The van der Waals surface area contributed by atoms with E-state index in [9.17, 15) is 13.9 Å². The van der Waals surface area contributed by atoms with Crippen molar-refractivity contribution in [2.45, 2.75) is 38.6 Å². The molecule has 0 radical (unpaired) electrons. The van der Waals surface area contributed by atoms with Crippen molar-refractivity contribution in [2.75, 3.05) is 26.2 Å².